The third-order valence-electron chi connectivity index (χ3n) is 5.88. The highest BCUT2D eigenvalue weighted by Gasteiger charge is 2.26. The highest BCUT2D eigenvalue weighted by atomic mass is 32.1. The summed E-state index contributed by atoms with van der Waals surface area (Å²) in [4.78, 5) is 23.6. The van der Waals surface area contributed by atoms with Gasteiger partial charge in [-0.1, -0.05) is 17.4 Å². The molecule has 32 heavy (non-hydrogen) atoms. The smallest absolute Gasteiger partial charge is 0.265 e. The molecule has 0 saturated carbocycles. The van der Waals surface area contributed by atoms with Crippen molar-refractivity contribution in [3.63, 3.8) is 0 Å². The SMILES string of the molecule is COc1cccc(N2CCN(C(=O)c3sc4nc(-c5ccc(F)cc5)cn4c3C)CC2)c1. The van der Waals surface area contributed by atoms with Gasteiger partial charge in [0.2, 0.25) is 0 Å². The van der Waals surface area contributed by atoms with Gasteiger partial charge < -0.3 is 14.5 Å². The molecule has 0 atom stereocenters. The first-order chi connectivity index (χ1) is 15.5. The van der Waals surface area contributed by atoms with Crippen LogP contribution in [0, 0.1) is 12.7 Å². The number of hydrogen-bond donors (Lipinski definition) is 0. The molecule has 2 aromatic carbocycles. The molecule has 2 aromatic heterocycles. The van der Waals surface area contributed by atoms with Gasteiger partial charge in [-0.3, -0.25) is 9.20 Å². The fourth-order valence-electron chi connectivity index (χ4n) is 4.03. The van der Waals surface area contributed by atoms with E-state index in [1.54, 1.807) is 19.2 Å². The van der Waals surface area contributed by atoms with Gasteiger partial charge in [-0.2, -0.15) is 0 Å². The number of carbonyl (C=O) groups is 1. The van der Waals surface area contributed by atoms with Crippen LogP contribution in [0.3, 0.4) is 0 Å². The molecule has 3 heterocycles. The largest absolute Gasteiger partial charge is 0.497 e. The van der Waals surface area contributed by atoms with Crippen LogP contribution in [-0.4, -0.2) is 53.5 Å². The summed E-state index contributed by atoms with van der Waals surface area (Å²) in [6.45, 7) is 4.82. The van der Waals surface area contributed by atoms with E-state index in [4.69, 9.17) is 4.74 Å². The lowest BCUT2D eigenvalue weighted by molar-refractivity contribution is 0.0750. The Kier molecular flexibility index (Phi) is 5.30. The van der Waals surface area contributed by atoms with Crippen molar-refractivity contribution in [2.45, 2.75) is 6.92 Å². The molecule has 0 radical (unpaired) electrons. The minimum absolute atomic E-state index is 0.0478. The summed E-state index contributed by atoms with van der Waals surface area (Å²) in [5.41, 5.74) is 3.61. The van der Waals surface area contributed by atoms with Crippen LogP contribution in [-0.2, 0) is 0 Å². The molecule has 1 fully saturated rings. The number of amides is 1. The molecule has 1 aliphatic rings. The molecule has 0 N–H and O–H groups in total. The van der Waals surface area contributed by atoms with Crippen LogP contribution in [0.5, 0.6) is 5.75 Å². The molecule has 0 spiro atoms. The minimum Gasteiger partial charge on any atom is -0.497 e. The number of aromatic nitrogens is 2. The average molecular weight is 451 g/mol. The van der Waals surface area contributed by atoms with Crippen LogP contribution in [0.25, 0.3) is 16.2 Å². The van der Waals surface area contributed by atoms with Crippen molar-refractivity contribution in [1.82, 2.24) is 14.3 Å². The number of carbonyl (C=O) groups excluding carboxylic acids is 1. The lowest BCUT2D eigenvalue weighted by Crippen LogP contribution is -2.48. The van der Waals surface area contributed by atoms with Crippen LogP contribution < -0.4 is 9.64 Å². The predicted octanol–water partition coefficient (Wildman–Crippen LogP) is 4.48. The number of piperazine rings is 1. The van der Waals surface area contributed by atoms with E-state index in [-0.39, 0.29) is 11.7 Å². The van der Waals surface area contributed by atoms with Crippen LogP contribution in [0.2, 0.25) is 0 Å². The molecule has 1 amide bonds. The molecular weight excluding hydrogens is 427 g/mol. The Morgan fingerprint density at radius 2 is 1.84 bits per heavy atom. The predicted molar refractivity (Wildman–Crippen MR) is 124 cm³/mol. The van der Waals surface area contributed by atoms with Gasteiger partial charge in [-0.15, -0.1) is 0 Å². The van der Waals surface area contributed by atoms with E-state index in [9.17, 15) is 9.18 Å². The van der Waals surface area contributed by atoms with E-state index < -0.39 is 0 Å². The van der Waals surface area contributed by atoms with Crippen LogP contribution in [0.4, 0.5) is 10.1 Å². The van der Waals surface area contributed by atoms with Gasteiger partial charge in [0.15, 0.2) is 4.96 Å². The molecule has 8 heteroatoms. The standard InChI is InChI=1S/C24H23FN4O2S/c1-16-22(32-24-26-21(15-29(16)24)17-6-8-18(25)9-7-17)23(30)28-12-10-27(11-13-28)19-4-3-5-20(14-19)31-2/h3-9,14-15H,10-13H2,1-2H3. The number of benzene rings is 2. The summed E-state index contributed by atoms with van der Waals surface area (Å²) in [5, 5.41) is 0. The Labute approximate surface area is 189 Å². The van der Waals surface area contributed by atoms with Crippen molar-refractivity contribution in [2.75, 3.05) is 38.2 Å². The van der Waals surface area contributed by atoms with E-state index in [0.717, 1.165) is 46.4 Å². The average Bonchev–Trinajstić information content (AvgIpc) is 3.38. The van der Waals surface area contributed by atoms with Gasteiger partial charge in [0.05, 0.1) is 12.8 Å². The highest BCUT2D eigenvalue weighted by Crippen LogP contribution is 2.29. The second-order valence-electron chi connectivity index (χ2n) is 7.78. The third kappa shape index (κ3) is 3.71. The van der Waals surface area contributed by atoms with Gasteiger partial charge in [-0.05, 0) is 43.3 Å². The maximum Gasteiger partial charge on any atom is 0.265 e. The van der Waals surface area contributed by atoms with E-state index in [2.05, 4.69) is 16.0 Å². The molecule has 164 valence electrons. The molecule has 1 aliphatic heterocycles. The van der Waals surface area contributed by atoms with Crippen LogP contribution in [0.15, 0.2) is 54.7 Å². The monoisotopic (exact) mass is 450 g/mol. The van der Waals surface area contributed by atoms with Crippen LogP contribution >= 0.6 is 11.3 Å². The number of methoxy groups -OCH3 is 1. The second-order valence-corrected chi connectivity index (χ2v) is 8.76. The maximum atomic E-state index is 13.2. The Bertz CT molecular complexity index is 1270. The quantitative estimate of drug-likeness (QED) is 0.460. The summed E-state index contributed by atoms with van der Waals surface area (Å²) in [5.74, 6) is 0.607. The summed E-state index contributed by atoms with van der Waals surface area (Å²) in [6.07, 6.45) is 1.91. The molecule has 0 aliphatic carbocycles. The number of rotatable bonds is 4. The zero-order valence-electron chi connectivity index (χ0n) is 17.9. The van der Waals surface area contributed by atoms with Crippen molar-refractivity contribution in [2.24, 2.45) is 0 Å². The van der Waals surface area contributed by atoms with Crippen molar-refractivity contribution < 1.29 is 13.9 Å². The Morgan fingerprint density at radius 1 is 1.09 bits per heavy atom. The summed E-state index contributed by atoms with van der Waals surface area (Å²) in [7, 11) is 1.67. The van der Waals surface area contributed by atoms with Crippen LogP contribution in [0.1, 0.15) is 15.4 Å². The molecule has 4 aromatic rings. The van der Waals surface area contributed by atoms with E-state index >= 15 is 0 Å². The van der Waals surface area contributed by atoms with Gasteiger partial charge in [-0.25, -0.2) is 9.37 Å². The number of hydrogen-bond acceptors (Lipinski definition) is 5. The highest BCUT2D eigenvalue weighted by molar-refractivity contribution is 7.19. The van der Waals surface area contributed by atoms with Gasteiger partial charge >= 0.3 is 0 Å². The Morgan fingerprint density at radius 3 is 2.53 bits per heavy atom. The number of ether oxygens (including phenoxy) is 1. The fourth-order valence-corrected chi connectivity index (χ4v) is 5.10. The van der Waals surface area contributed by atoms with E-state index in [1.807, 2.05) is 40.6 Å². The zero-order chi connectivity index (χ0) is 22.2. The van der Waals surface area contributed by atoms with Gasteiger partial charge in [0.1, 0.15) is 16.4 Å². The molecule has 0 unspecified atom stereocenters. The van der Waals surface area contributed by atoms with Gasteiger partial charge in [0.25, 0.3) is 5.91 Å². The van der Waals surface area contributed by atoms with Gasteiger partial charge in [0, 0.05) is 55.4 Å². The first kappa shape index (κ1) is 20.5. The van der Waals surface area contributed by atoms with E-state index in [1.165, 1.54) is 23.5 Å². The number of nitrogens with zero attached hydrogens (tertiary/aromatic N) is 4. The lowest BCUT2D eigenvalue weighted by atomic mass is 10.2. The molecule has 6 nitrogen and oxygen atoms in total. The first-order valence-electron chi connectivity index (χ1n) is 10.5. The van der Waals surface area contributed by atoms with Crippen molar-refractivity contribution in [3.8, 4) is 17.0 Å². The van der Waals surface area contributed by atoms with Crippen molar-refractivity contribution in [3.05, 3.63) is 71.1 Å². The Balaban J connectivity index is 1.31. The van der Waals surface area contributed by atoms with Crippen molar-refractivity contribution in [1.29, 1.82) is 0 Å². The first-order valence-corrected chi connectivity index (χ1v) is 11.3. The topological polar surface area (TPSA) is 50.1 Å². The number of imidazole rings is 1. The van der Waals surface area contributed by atoms with E-state index in [0.29, 0.717) is 18.0 Å². The van der Waals surface area contributed by atoms with Crippen molar-refractivity contribution >= 4 is 27.9 Å². The number of fused-ring (bicyclic) bond motifs is 1. The fraction of sp³-hybridized carbons (Fsp3) is 0.250. The summed E-state index contributed by atoms with van der Waals surface area (Å²) >= 11 is 1.40. The number of aryl methyl sites for hydroxylation is 1. The normalized spacial score (nSPS) is 14.2. The molecule has 0 bridgehead atoms. The molecule has 5 rings (SSSR count). The Hall–Kier alpha value is -3.39. The second kappa shape index (κ2) is 8.27. The number of thiazole rings is 1. The molecule has 1 saturated heterocycles. The zero-order valence-corrected chi connectivity index (χ0v) is 18.7. The number of halogens is 1. The minimum atomic E-state index is -0.273. The third-order valence-corrected chi connectivity index (χ3v) is 7.02. The molecular formula is C24H23FN4O2S. The maximum absolute atomic E-state index is 13.2. The summed E-state index contributed by atoms with van der Waals surface area (Å²) < 4.78 is 20.5. The lowest BCUT2D eigenvalue weighted by Gasteiger charge is -2.36. The summed E-state index contributed by atoms with van der Waals surface area (Å²) in [6, 6.07) is 14.3. The number of anilines is 1.